The minimum Gasteiger partial charge on any atom is -0.506 e. The second kappa shape index (κ2) is 16.4. The number of rotatable bonds is 18. The molecular formula is C39H52N3O7+. The lowest BCUT2D eigenvalue weighted by atomic mass is 9.80. The summed E-state index contributed by atoms with van der Waals surface area (Å²) in [5, 5.41) is 37.8. The van der Waals surface area contributed by atoms with Crippen molar-refractivity contribution >= 4 is 12.1 Å². The number of carbonyl (C=O) groups is 1. The summed E-state index contributed by atoms with van der Waals surface area (Å²) in [4.78, 5) is 10.7. The van der Waals surface area contributed by atoms with Gasteiger partial charge in [0.15, 0.2) is 0 Å². The molecule has 5 N–H and O–H groups in total. The molecule has 2 bridgehead atoms. The van der Waals surface area contributed by atoms with Crippen LogP contribution in [0.15, 0.2) is 72.8 Å². The summed E-state index contributed by atoms with van der Waals surface area (Å²) in [6.07, 6.45) is 6.65. The molecule has 0 spiro atoms. The van der Waals surface area contributed by atoms with E-state index in [1.807, 2.05) is 42.5 Å². The third kappa shape index (κ3) is 8.74. The van der Waals surface area contributed by atoms with Gasteiger partial charge in [-0.1, -0.05) is 49.2 Å². The Kier molecular flexibility index (Phi) is 11.7. The summed E-state index contributed by atoms with van der Waals surface area (Å²) in [6.45, 7) is 6.49. The Hall–Kier alpha value is -3.67. The number of ether oxygens (including phenoxy) is 3. The highest BCUT2D eigenvalue weighted by Crippen LogP contribution is 2.42. The lowest BCUT2D eigenvalue weighted by Gasteiger charge is -2.52. The predicted molar refractivity (Wildman–Crippen MR) is 188 cm³/mol. The highest BCUT2D eigenvalue weighted by molar-refractivity contribution is 5.75. The van der Waals surface area contributed by atoms with Gasteiger partial charge in [-0.25, -0.2) is 0 Å². The first-order valence-corrected chi connectivity index (χ1v) is 17.9. The molecule has 0 radical (unpaired) electrons. The molecule has 3 heterocycles. The maximum atomic E-state index is 12.0. The highest BCUT2D eigenvalue weighted by Gasteiger charge is 2.48. The first-order chi connectivity index (χ1) is 23.9. The van der Waals surface area contributed by atoms with Gasteiger partial charge in [0.1, 0.15) is 55.3 Å². The van der Waals surface area contributed by atoms with E-state index >= 15 is 0 Å². The molecule has 1 saturated carbocycles. The first-order valence-electron chi connectivity index (χ1n) is 17.9. The molecule has 1 amide bonds. The third-order valence-corrected chi connectivity index (χ3v) is 11.0. The fourth-order valence-corrected chi connectivity index (χ4v) is 8.05. The molecule has 3 atom stereocenters. The van der Waals surface area contributed by atoms with E-state index in [2.05, 4.69) is 22.8 Å². The zero-order valence-electron chi connectivity index (χ0n) is 28.3. The van der Waals surface area contributed by atoms with Crippen molar-refractivity contribution in [3.05, 3.63) is 83.9 Å². The van der Waals surface area contributed by atoms with Crippen LogP contribution in [0.1, 0.15) is 55.8 Å². The van der Waals surface area contributed by atoms with Gasteiger partial charge in [0.05, 0.1) is 31.5 Å². The number of phenolic OH excluding ortho intramolecular Hbond substituents is 1. The number of anilines is 1. The number of fused-ring (bicyclic) bond motifs is 3. The minimum atomic E-state index is -0.928. The van der Waals surface area contributed by atoms with Crippen LogP contribution in [0.2, 0.25) is 0 Å². The molecule has 3 aromatic rings. The van der Waals surface area contributed by atoms with Crippen LogP contribution in [0, 0.1) is 11.8 Å². The lowest BCUT2D eigenvalue weighted by molar-refractivity contribution is -0.946. The average Bonchev–Trinajstić information content (AvgIpc) is 3.69. The van der Waals surface area contributed by atoms with Crippen molar-refractivity contribution < 1.29 is 38.8 Å². The molecule has 49 heavy (non-hydrogen) atoms. The molecule has 4 aliphatic rings. The van der Waals surface area contributed by atoms with Crippen molar-refractivity contribution in [3.8, 4) is 17.2 Å². The van der Waals surface area contributed by atoms with Gasteiger partial charge in [-0.2, -0.15) is 0 Å². The van der Waals surface area contributed by atoms with Crippen molar-refractivity contribution in [1.82, 2.24) is 5.32 Å². The molecule has 0 unspecified atom stereocenters. The molecule has 4 fully saturated rings. The summed E-state index contributed by atoms with van der Waals surface area (Å²) >= 11 is 0. The molecular weight excluding hydrogens is 622 g/mol. The van der Waals surface area contributed by atoms with Gasteiger partial charge in [-0.05, 0) is 66.3 Å². The fraction of sp³-hybridized carbons (Fsp3) is 0.513. The molecule has 3 saturated heterocycles. The Bertz CT molecular complexity index is 1480. The van der Waals surface area contributed by atoms with E-state index in [-0.39, 0.29) is 23.5 Å². The number of amides is 1. The maximum Gasteiger partial charge on any atom is 0.211 e. The lowest BCUT2D eigenvalue weighted by Crippen LogP contribution is -2.65. The molecule has 3 aliphatic heterocycles. The number of piperidine rings is 3. The standard InChI is InChI=1S/C39H51N3O7/c43-28-41-35-24-30(10-15-36(35)44)37(45)25-40-18-22-47-33-11-13-34(14-12-33)48-23-21-42-19-16-29(17-20-42)38(26-42)49-27-39(46,32-8-4-5-9-32)31-6-2-1-3-7-31/h1-3,6-7,10-15,24,28-29,32,37-38,40,45-46H,4-5,8-9,16-23,25-27H2,(H-,41,43,44)/p+1/t29?,37-,38-,39+,42?/m0/s1. The number of nitrogens with zero attached hydrogens (tertiary/aromatic N) is 1. The Morgan fingerprint density at radius 1 is 0.918 bits per heavy atom. The van der Waals surface area contributed by atoms with Crippen LogP contribution in [0.5, 0.6) is 17.2 Å². The quantitative estimate of drug-likeness (QED) is 0.0567. The Morgan fingerprint density at radius 3 is 2.31 bits per heavy atom. The van der Waals surface area contributed by atoms with Crippen molar-refractivity contribution in [1.29, 1.82) is 0 Å². The van der Waals surface area contributed by atoms with Gasteiger partial charge in [-0.15, -0.1) is 0 Å². The number of carbonyl (C=O) groups excluding carboxylic acids is 1. The van der Waals surface area contributed by atoms with E-state index in [0.29, 0.717) is 50.8 Å². The number of benzene rings is 3. The number of nitrogens with one attached hydrogen (secondary N) is 2. The average molecular weight is 675 g/mol. The topological polar surface area (TPSA) is 130 Å². The molecule has 0 aromatic heterocycles. The van der Waals surface area contributed by atoms with E-state index in [9.17, 15) is 20.1 Å². The van der Waals surface area contributed by atoms with Gasteiger partial charge in [0.2, 0.25) is 6.41 Å². The summed E-state index contributed by atoms with van der Waals surface area (Å²) in [5.41, 5.74) is 0.896. The van der Waals surface area contributed by atoms with Gasteiger partial charge < -0.3 is 44.6 Å². The Morgan fingerprint density at radius 2 is 1.61 bits per heavy atom. The van der Waals surface area contributed by atoms with Crippen LogP contribution in [0.4, 0.5) is 5.69 Å². The van der Waals surface area contributed by atoms with Crippen LogP contribution in [0.3, 0.4) is 0 Å². The normalized spacial score (nSPS) is 23.9. The Labute approximate surface area is 289 Å². The van der Waals surface area contributed by atoms with Gasteiger partial charge in [0.25, 0.3) is 0 Å². The molecule has 264 valence electrons. The number of aromatic hydroxyl groups is 1. The summed E-state index contributed by atoms with van der Waals surface area (Å²) in [5.74, 6) is 2.32. The van der Waals surface area contributed by atoms with E-state index in [1.54, 1.807) is 12.1 Å². The van der Waals surface area contributed by atoms with Gasteiger partial charge >= 0.3 is 0 Å². The number of phenols is 1. The van der Waals surface area contributed by atoms with E-state index < -0.39 is 11.7 Å². The van der Waals surface area contributed by atoms with Crippen LogP contribution < -0.4 is 20.1 Å². The molecule has 3 aromatic carbocycles. The predicted octanol–water partition coefficient (Wildman–Crippen LogP) is 4.74. The third-order valence-electron chi connectivity index (χ3n) is 11.0. The van der Waals surface area contributed by atoms with E-state index in [0.717, 1.165) is 73.4 Å². The van der Waals surface area contributed by atoms with E-state index in [4.69, 9.17) is 14.2 Å². The van der Waals surface area contributed by atoms with Crippen LogP contribution >= 0.6 is 0 Å². The number of aliphatic hydroxyl groups is 2. The monoisotopic (exact) mass is 674 g/mol. The molecule has 10 nitrogen and oxygen atoms in total. The molecule has 1 aliphatic carbocycles. The largest absolute Gasteiger partial charge is 0.506 e. The molecule has 7 rings (SSSR count). The van der Waals surface area contributed by atoms with Gasteiger partial charge in [0, 0.05) is 31.8 Å². The fourth-order valence-electron chi connectivity index (χ4n) is 8.05. The second-order valence-corrected chi connectivity index (χ2v) is 14.1. The highest BCUT2D eigenvalue weighted by atomic mass is 16.5. The number of hydrogen-bond acceptors (Lipinski definition) is 8. The summed E-state index contributed by atoms with van der Waals surface area (Å²) in [7, 11) is 0. The summed E-state index contributed by atoms with van der Waals surface area (Å²) in [6, 6.07) is 22.4. The van der Waals surface area contributed by atoms with Crippen molar-refractivity contribution in [3.63, 3.8) is 0 Å². The first kappa shape index (κ1) is 35.2. The Balaban J connectivity index is 0.916. The van der Waals surface area contributed by atoms with Crippen molar-refractivity contribution in [2.24, 2.45) is 11.8 Å². The SMILES string of the molecule is O=CNc1cc([C@@H](O)CNCCOc2ccc(OCC[N+]34CCC(CC3)[C@@H](OC[C@@](O)(c3ccccc3)C3CCCC3)C4)cc2)ccc1O. The van der Waals surface area contributed by atoms with Crippen LogP contribution in [0.25, 0.3) is 0 Å². The zero-order valence-corrected chi connectivity index (χ0v) is 28.3. The van der Waals surface area contributed by atoms with Crippen LogP contribution in [-0.4, -0.2) is 91.4 Å². The zero-order chi connectivity index (χ0) is 34.1. The number of quaternary nitrogens is 1. The van der Waals surface area contributed by atoms with Crippen molar-refractivity contribution in [2.75, 3.05) is 64.4 Å². The van der Waals surface area contributed by atoms with Gasteiger partial charge in [-0.3, -0.25) is 4.79 Å². The van der Waals surface area contributed by atoms with E-state index in [1.165, 1.54) is 18.9 Å². The minimum absolute atomic E-state index is 0.0565. The maximum absolute atomic E-state index is 12.0. The number of hydrogen-bond donors (Lipinski definition) is 5. The smallest absolute Gasteiger partial charge is 0.211 e. The second-order valence-electron chi connectivity index (χ2n) is 14.1. The van der Waals surface area contributed by atoms with Crippen LogP contribution in [-0.2, 0) is 15.1 Å². The number of aliphatic hydroxyl groups excluding tert-OH is 1. The van der Waals surface area contributed by atoms with Crippen molar-refractivity contribution in [2.45, 2.75) is 56.3 Å². The summed E-state index contributed by atoms with van der Waals surface area (Å²) < 4.78 is 19.8. The molecule has 10 heteroatoms.